The van der Waals surface area contributed by atoms with Crippen LogP contribution in [0.25, 0.3) is 0 Å². The van der Waals surface area contributed by atoms with E-state index in [1.54, 1.807) is 6.07 Å². The molecule has 0 amide bonds. The summed E-state index contributed by atoms with van der Waals surface area (Å²) in [5.41, 5.74) is 1.02. The molecule has 1 aromatic carbocycles. The zero-order chi connectivity index (χ0) is 11.5. The van der Waals surface area contributed by atoms with Gasteiger partial charge in [0.1, 0.15) is 5.75 Å². The Morgan fingerprint density at radius 3 is 3.06 bits per heavy atom. The standard InChI is InChI=1S/C13H18BrNO/c1-10-3-2-6-15(8-10)9-11-7-12(14)4-5-13(11)16/h4-5,7,10,16H,2-3,6,8-9H2,1H3/t10-/m0/s1. The minimum absolute atomic E-state index is 0.404. The van der Waals surface area contributed by atoms with Crippen LogP contribution in [0.1, 0.15) is 25.3 Å². The van der Waals surface area contributed by atoms with Crippen molar-refractivity contribution in [2.45, 2.75) is 26.3 Å². The van der Waals surface area contributed by atoms with Crippen molar-refractivity contribution in [1.29, 1.82) is 0 Å². The summed E-state index contributed by atoms with van der Waals surface area (Å²) in [6.07, 6.45) is 2.61. The number of likely N-dealkylation sites (tertiary alicyclic amines) is 1. The molecular formula is C13H18BrNO. The summed E-state index contributed by atoms with van der Waals surface area (Å²) in [6.45, 7) is 5.45. The number of phenols is 1. The monoisotopic (exact) mass is 283 g/mol. The van der Waals surface area contributed by atoms with Gasteiger partial charge in [-0.3, -0.25) is 4.90 Å². The van der Waals surface area contributed by atoms with E-state index in [2.05, 4.69) is 27.8 Å². The van der Waals surface area contributed by atoms with Crippen molar-refractivity contribution in [3.63, 3.8) is 0 Å². The maximum atomic E-state index is 9.78. The Balaban J connectivity index is 2.05. The topological polar surface area (TPSA) is 23.5 Å². The fourth-order valence-corrected chi connectivity index (χ4v) is 2.76. The summed E-state index contributed by atoms with van der Waals surface area (Å²) < 4.78 is 1.03. The number of rotatable bonds is 2. The third-order valence-electron chi connectivity index (χ3n) is 3.18. The molecular weight excluding hydrogens is 266 g/mol. The zero-order valence-corrected chi connectivity index (χ0v) is 11.2. The van der Waals surface area contributed by atoms with Crippen molar-refractivity contribution in [2.24, 2.45) is 5.92 Å². The average Bonchev–Trinajstić information content (AvgIpc) is 2.24. The maximum absolute atomic E-state index is 9.78. The molecule has 0 saturated carbocycles. The highest BCUT2D eigenvalue weighted by molar-refractivity contribution is 9.10. The number of benzene rings is 1. The Hall–Kier alpha value is -0.540. The number of aromatic hydroxyl groups is 1. The molecule has 1 fully saturated rings. The van der Waals surface area contributed by atoms with E-state index in [-0.39, 0.29) is 0 Å². The molecule has 2 rings (SSSR count). The molecule has 2 nitrogen and oxygen atoms in total. The van der Waals surface area contributed by atoms with Gasteiger partial charge in [0.2, 0.25) is 0 Å². The van der Waals surface area contributed by atoms with Gasteiger partial charge < -0.3 is 5.11 Å². The van der Waals surface area contributed by atoms with Crippen LogP contribution < -0.4 is 0 Å². The van der Waals surface area contributed by atoms with E-state index in [1.807, 2.05) is 12.1 Å². The Morgan fingerprint density at radius 1 is 1.50 bits per heavy atom. The summed E-state index contributed by atoms with van der Waals surface area (Å²) in [5.74, 6) is 1.18. The molecule has 1 aliphatic heterocycles. The molecule has 0 spiro atoms. The van der Waals surface area contributed by atoms with Crippen molar-refractivity contribution in [3.05, 3.63) is 28.2 Å². The fourth-order valence-electron chi connectivity index (χ4n) is 2.35. The summed E-state index contributed by atoms with van der Waals surface area (Å²) in [4.78, 5) is 2.43. The second kappa shape index (κ2) is 5.19. The predicted octanol–water partition coefficient (Wildman–Crippen LogP) is 3.39. The van der Waals surface area contributed by atoms with Crippen molar-refractivity contribution >= 4 is 15.9 Å². The summed E-state index contributed by atoms with van der Waals surface area (Å²) in [5, 5.41) is 9.78. The smallest absolute Gasteiger partial charge is 0.120 e. The largest absolute Gasteiger partial charge is 0.508 e. The first-order chi connectivity index (χ1) is 7.65. The predicted molar refractivity (Wildman–Crippen MR) is 69.5 cm³/mol. The summed E-state index contributed by atoms with van der Waals surface area (Å²) in [7, 11) is 0. The van der Waals surface area contributed by atoms with Gasteiger partial charge in [0, 0.05) is 23.1 Å². The molecule has 88 valence electrons. The second-order valence-electron chi connectivity index (χ2n) is 4.76. The van der Waals surface area contributed by atoms with E-state index in [0.717, 1.165) is 35.6 Å². The van der Waals surface area contributed by atoms with Gasteiger partial charge in [-0.15, -0.1) is 0 Å². The lowest BCUT2D eigenvalue weighted by Gasteiger charge is -2.31. The van der Waals surface area contributed by atoms with Crippen LogP contribution in [0.4, 0.5) is 0 Å². The van der Waals surface area contributed by atoms with Gasteiger partial charge in [0.15, 0.2) is 0 Å². The van der Waals surface area contributed by atoms with Crippen molar-refractivity contribution in [1.82, 2.24) is 4.90 Å². The normalized spacial score (nSPS) is 22.2. The number of nitrogens with zero attached hydrogens (tertiary/aromatic N) is 1. The molecule has 1 aliphatic rings. The highest BCUT2D eigenvalue weighted by Gasteiger charge is 2.17. The van der Waals surface area contributed by atoms with Crippen LogP contribution in [0, 0.1) is 5.92 Å². The molecule has 1 N–H and O–H groups in total. The molecule has 16 heavy (non-hydrogen) atoms. The molecule has 0 bridgehead atoms. The van der Waals surface area contributed by atoms with Crippen molar-refractivity contribution in [3.8, 4) is 5.75 Å². The zero-order valence-electron chi connectivity index (χ0n) is 9.62. The highest BCUT2D eigenvalue weighted by atomic mass is 79.9. The third kappa shape index (κ3) is 2.98. The van der Waals surface area contributed by atoms with Gasteiger partial charge >= 0.3 is 0 Å². The lowest BCUT2D eigenvalue weighted by molar-refractivity contribution is 0.175. The Kier molecular flexibility index (Phi) is 3.87. The quantitative estimate of drug-likeness (QED) is 0.900. The van der Waals surface area contributed by atoms with E-state index in [0.29, 0.717) is 5.75 Å². The fraction of sp³-hybridized carbons (Fsp3) is 0.538. The SMILES string of the molecule is C[C@H]1CCCN(Cc2cc(Br)ccc2O)C1. The first-order valence-electron chi connectivity index (χ1n) is 5.85. The molecule has 0 aliphatic carbocycles. The number of phenolic OH excluding ortho intramolecular Hbond substituents is 1. The van der Waals surface area contributed by atoms with E-state index in [1.165, 1.54) is 12.8 Å². The van der Waals surface area contributed by atoms with Crippen LogP contribution in [-0.2, 0) is 6.54 Å². The average molecular weight is 284 g/mol. The first-order valence-corrected chi connectivity index (χ1v) is 6.64. The molecule has 1 heterocycles. The van der Waals surface area contributed by atoms with Crippen LogP contribution in [0.5, 0.6) is 5.75 Å². The molecule has 1 saturated heterocycles. The molecule has 0 aromatic heterocycles. The summed E-state index contributed by atoms with van der Waals surface area (Å²) >= 11 is 3.44. The van der Waals surface area contributed by atoms with E-state index >= 15 is 0 Å². The number of hydrogen-bond donors (Lipinski definition) is 1. The van der Waals surface area contributed by atoms with E-state index in [9.17, 15) is 5.11 Å². The van der Waals surface area contributed by atoms with Crippen LogP contribution in [0.2, 0.25) is 0 Å². The van der Waals surface area contributed by atoms with Gasteiger partial charge in [-0.05, 0) is 43.5 Å². The Morgan fingerprint density at radius 2 is 2.31 bits per heavy atom. The number of halogens is 1. The second-order valence-corrected chi connectivity index (χ2v) is 5.67. The van der Waals surface area contributed by atoms with Crippen LogP contribution >= 0.6 is 15.9 Å². The summed E-state index contributed by atoms with van der Waals surface area (Å²) in [6, 6.07) is 5.64. The van der Waals surface area contributed by atoms with E-state index < -0.39 is 0 Å². The van der Waals surface area contributed by atoms with Gasteiger partial charge in [0.25, 0.3) is 0 Å². The minimum Gasteiger partial charge on any atom is -0.508 e. The minimum atomic E-state index is 0.404. The molecule has 1 aromatic rings. The van der Waals surface area contributed by atoms with Gasteiger partial charge in [0.05, 0.1) is 0 Å². The lowest BCUT2D eigenvalue weighted by Crippen LogP contribution is -2.33. The lowest BCUT2D eigenvalue weighted by atomic mass is 10.00. The molecule has 0 unspecified atom stereocenters. The van der Waals surface area contributed by atoms with Crippen LogP contribution in [0.3, 0.4) is 0 Å². The van der Waals surface area contributed by atoms with Crippen molar-refractivity contribution in [2.75, 3.05) is 13.1 Å². The number of piperidine rings is 1. The van der Waals surface area contributed by atoms with Crippen LogP contribution in [-0.4, -0.2) is 23.1 Å². The maximum Gasteiger partial charge on any atom is 0.120 e. The Labute approximate surface area is 105 Å². The molecule has 0 radical (unpaired) electrons. The highest BCUT2D eigenvalue weighted by Crippen LogP contribution is 2.25. The van der Waals surface area contributed by atoms with E-state index in [4.69, 9.17) is 0 Å². The van der Waals surface area contributed by atoms with Gasteiger partial charge in [-0.1, -0.05) is 22.9 Å². The van der Waals surface area contributed by atoms with Crippen molar-refractivity contribution < 1.29 is 5.11 Å². The molecule has 1 atom stereocenters. The van der Waals surface area contributed by atoms with Gasteiger partial charge in [-0.2, -0.15) is 0 Å². The van der Waals surface area contributed by atoms with Gasteiger partial charge in [-0.25, -0.2) is 0 Å². The number of hydrogen-bond acceptors (Lipinski definition) is 2. The Bertz CT molecular complexity index is 367. The first kappa shape index (κ1) is 11.9. The third-order valence-corrected chi connectivity index (χ3v) is 3.67. The van der Waals surface area contributed by atoms with Crippen LogP contribution in [0.15, 0.2) is 22.7 Å². The molecule has 3 heteroatoms.